The molecule has 0 atom stereocenters. The van der Waals surface area contributed by atoms with Gasteiger partial charge in [0, 0.05) is 20.1 Å². The minimum atomic E-state index is 0.526. The first-order valence-electron chi connectivity index (χ1n) is 5.65. The molecule has 1 fully saturated rings. The van der Waals surface area contributed by atoms with Crippen molar-refractivity contribution >= 4 is 39.8 Å². The van der Waals surface area contributed by atoms with E-state index in [0.717, 1.165) is 36.6 Å². The number of aromatic nitrogens is 3. The van der Waals surface area contributed by atoms with E-state index in [1.54, 1.807) is 28.2 Å². The number of thioether (sulfide) groups is 2. The van der Waals surface area contributed by atoms with E-state index >= 15 is 0 Å². The Balaban J connectivity index is 2.18. The highest BCUT2D eigenvalue weighted by Crippen LogP contribution is 2.20. The molecule has 0 spiro atoms. The third kappa shape index (κ3) is 3.18. The maximum atomic E-state index is 5.33. The van der Waals surface area contributed by atoms with Gasteiger partial charge in [0.25, 0.3) is 5.95 Å². The van der Waals surface area contributed by atoms with Gasteiger partial charge in [-0.25, -0.2) is 4.68 Å². The fourth-order valence-corrected chi connectivity index (χ4v) is 2.72. The Morgan fingerprint density at radius 2 is 1.94 bits per heavy atom. The molecule has 1 aliphatic rings. The summed E-state index contributed by atoms with van der Waals surface area (Å²) >= 11 is 3.21. The molecule has 18 heavy (non-hydrogen) atoms. The molecule has 0 saturated carbocycles. The van der Waals surface area contributed by atoms with E-state index in [2.05, 4.69) is 20.0 Å². The van der Waals surface area contributed by atoms with Crippen molar-refractivity contribution in [1.82, 2.24) is 14.8 Å². The van der Waals surface area contributed by atoms with E-state index < -0.39 is 0 Å². The van der Waals surface area contributed by atoms with Gasteiger partial charge in [-0.1, -0.05) is 0 Å². The Kier molecular flexibility index (Phi) is 4.90. The molecule has 2 heterocycles. The van der Waals surface area contributed by atoms with Crippen LogP contribution in [0, 0.1) is 0 Å². The molecule has 0 unspecified atom stereocenters. The normalized spacial score (nSPS) is 15.8. The molecule has 0 bridgehead atoms. The zero-order chi connectivity index (χ0) is 13.0. The van der Waals surface area contributed by atoms with Gasteiger partial charge in [0.15, 0.2) is 0 Å². The second-order valence-electron chi connectivity index (χ2n) is 3.72. The number of hydrogen-bond acceptors (Lipinski definition) is 7. The van der Waals surface area contributed by atoms with Crippen molar-refractivity contribution in [2.75, 3.05) is 43.7 Å². The third-order valence-corrected chi connectivity index (χ3v) is 4.44. The number of morpholine rings is 1. The van der Waals surface area contributed by atoms with Crippen molar-refractivity contribution < 1.29 is 4.74 Å². The highest BCUT2D eigenvalue weighted by Gasteiger charge is 2.17. The first-order chi connectivity index (χ1) is 8.74. The lowest BCUT2D eigenvalue weighted by Gasteiger charge is -2.26. The lowest BCUT2D eigenvalue weighted by atomic mass is 10.4. The van der Waals surface area contributed by atoms with E-state index in [-0.39, 0.29) is 0 Å². The number of ether oxygens (including phenoxy) is 1. The molecule has 0 amide bonds. The molecule has 6 nitrogen and oxygen atoms in total. The number of aryl methyl sites for hydroxylation is 1. The molecular formula is C10H17N5OS2. The van der Waals surface area contributed by atoms with Crippen molar-refractivity contribution in [2.45, 2.75) is 0 Å². The summed E-state index contributed by atoms with van der Waals surface area (Å²) in [6.07, 6.45) is 4.00. The van der Waals surface area contributed by atoms with Crippen LogP contribution in [0.1, 0.15) is 0 Å². The number of anilines is 1. The van der Waals surface area contributed by atoms with Crippen LogP contribution in [0.5, 0.6) is 0 Å². The molecular weight excluding hydrogens is 270 g/mol. The summed E-state index contributed by atoms with van der Waals surface area (Å²) in [6, 6.07) is 0. The summed E-state index contributed by atoms with van der Waals surface area (Å²) in [5, 5.41) is 4.33. The number of hydrogen-bond donors (Lipinski definition) is 0. The van der Waals surface area contributed by atoms with E-state index in [1.165, 1.54) is 0 Å². The van der Waals surface area contributed by atoms with E-state index in [0.29, 0.717) is 5.95 Å². The quantitative estimate of drug-likeness (QED) is 0.605. The van der Waals surface area contributed by atoms with Crippen LogP contribution in [0.2, 0.25) is 0 Å². The standard InChI is InChI=1S/C10H17N5OS2/c1-14-9(15-4-6-16-7-5-15)11-8(13-14)12-10(17-2)18-3/h4-7H2,1-3H3. The zero-order valence-corrected chi connectivity index (χ0v) is 12.4. The average molecular weight is 287 g/mol. The molecule has 0 N–H and O–H groups in total. The maximum Gasteiger partial charge on any atom is 0.271 e. The van der Waals surface area contributed by atoms with Gasteiger partial charge in [0.05, 0.1) is 13.2 Å². The van der Waals surface area contributed by atoms with E-state index in [4.69, 9.17) is 4.74 Å². The van der Waals surface area contributed by atoms with Gasteiger partial charge in [-0.2, -0.15) is 9.98 Å². The van der Waals surface area contributed by atoms with E-state index in [1.807, 2.05) is 19.6 Å². The van der Waals surface area contributed by atoms with Crippen LogP contribution in [0.4, 0.5) is 11.9 Å². The Hall–Kier alpha value is -0.730. The summed E-state index contributed by atoms with van der Waals surface area (Å²) in [5.74, 6) is 1.39. The molecule has 1 aromatic heterocycles. The fraction of sp³-hybridized carbons (Fsp3) is 0.700. The maximum absolute atomic E-state index is 5.33. The fourth-order valence-electron chi connectivity index (χ4n) is 1.71. The van der Waals surface area contributed by atoms with Gasteiger partial charge in [-0.15, -0.1) is 28.6 Å². The average Bonchev–Trinajstić information content (AvgIpc) is 2.78. The smallest absolute Gasteiger partial charge is 0.271 e. The predicted octanol–water partition coefficient (Wildman–Crippen LogP) is 1.37. The monoisotopic (exact) mass is 287 g/mol. The van der Waals surface area contributed by atoms with Gasteiger partial charge < -0.3 is 9.64 Å². The van der Waals surface area contributed by atoms with Gasteiger partial charge in [-0.05, 0) is 12.5 Å². The first-order valence-corrected chi connectivity index (χ1v) is 8.10. The molecule has 1 aromatic rings. The highest BCUT2D eigenvalue weighted by atomic mass is 32.2. The molecule has 100 valence electrons. The molecule has 1 aliphatic heterocycles. The molecule has 8 heteroatoms. The van der Waals surface area contributed by atoms with Crippen LogP contribution in [-0.2, 0) is 11.8 Å². The first kappa shape index (κ1) is 13.7. The number of rotatable bonds is 2. The van der Waals surface area contributed by atoms with E-state index in [9.17, 15) is 0 Å². The van der Waals surface area contributed by atoms with Gasteiger partial charge >= 0.3 is 0 Å². The lowest BCUT2D eigenvalue weighted by Crippen LogP contribution is -2.37. The summed E-state index contributed by atoms with van der Waals surface area (Å²) < 4.78 is 8.08. The van der Waals surface area contributed by atoms with Gasteiger partial charge in [0.1, 0.15) is 4.38 Å². The minimum Gasteiger partial charge on any atom is -0.378 e. The van der Waals surface area contributed by atoms with Crippen molar-refractivity contribution in [3.05, 3.63) is 0 Å². The van der Waals surface area contributed by atoms with Crippen molar-refractivity contribution in [3.8, 4) is 0 Å². The summed E-state index contributed by atoms with van der Waals surface area (Å²) in [5.41, 5.74) is 0. The highest BCUT2D eigenvalue weighted by molar-refractivity contribution is 8.38. The molecule has 2 rings (SSSR count). The van der Waals surface area contributed by atoms with Crippen LogP contribution in [0.3, 0.4) is 0 Å². The minimum absolute atomic E-state index is 0.526. The largest absolute Gasteiger partial charge is 0.378 e. The summed E-state index contributed by atoms with van der Waals surface area (Å²) in [7, 11) is 1.90. The van der Waals surface area contributed by atoms with Crippen LogP contribution in [0.25, 0.3) is 0 Å². The Bertz CT molecular complexity index is 422. The number of nitrogens with zero attached hydrogens (tertiary/aromatic N) is 5. The van der Waals surface area contributed by atoms with Crippen molar-refractivity contribution in [3.63, 3.8) is 0 Å². The topological polar surface area (TPSA) is 55.5 Å². The summed E-state index contributed by atoms with van der Waals surface area (Å²) in [4.78, 5) is 11.1. The third-order valence-electron chi connectivity index (χ3n) is 2.56. The van der Waals surface area contributed by atoms with Gasteiger partial charge in [-0.3, -0.25) is 0 Å². The van der Waals surface area contributed by atoms with Crippen molar-refractivity contribution in [1.29, 1.82) is 0 Å². The molecule has 0 aromatic carbocycles. The zero-order valence-electron chi connectivity index (χ0n) is 10.8. The summed E-state index contributed by atoms with van der Waals surface area (Å²) in [6.45, 7) is 3.19. The van der Waals surface area contributed by atoms with Crippen LogP contribution in [-0.4, -0.2) is 58.0 Å². The molecule has 0 radical (unpaired) electrons. The Morgan fingerprint density at radius 3 is 2.56 bits per heavy atom. The molecule has 0 aliphatic carbocycles. The second kappa shape index (κ2) is 6.44. The number of aliphatic imine (C=N–C) groups is 1. The van der Waals surface area contributed by atoms with Crippen LogP contribution < -0.4 is 4.90 Å². The Morgan fingerprint density at radius 1 is 1.28 bits per heavy atom. The van der Waals surface area contributed by atoms with Gasteiger partial charge in [0.2, 0.25) is 5.95 Å². The molecule has 1 saturated heterocycles. The van der Waals surface area contributed by atoms with Crippen LogP contribution in [0.15, 0.2) is 4.99 Å². The van der Waals surface area contributed by atoms with Crippen molar-refractivity contribution in [2.24, 2.45) is 12.0 Å². The predicted molar refractivity (Wildman–Crippen MR) is 78.2 cm³/mol. The Labute approximate surface area is 115 Å². The lowest BCUT2D eigenvalue weighted by molar-refractivity contribution is 0.121. The SMILES string of the molecule is CSC(=Nc1nc(N2CCOCC2)n(C)n1)SC. The van der Waals surface area contributed by atoms with Crippen LogP contribution >= 0.6 is 23.5 Å². The second-order valence-corrected chi connectivity index (χ2v) is 5.57.